The van der Waals surface area contributed by atoms with Crippen LogP contribution >= 0.6 is 0 Å². The van der Waals surface area contributed by atoms with Gasteiger partial charge in [-0.1, -0.05) is 144 Å². The van der Waals surface area contributed by atoms with Crippen molar-refractivity contribution in [1.82, 2.24) is 0 Å². The van der Waals surface area contributed by atoms with Crippen molar-refractivity contribution >= 4 is 60.9 Å². The summed E-state index contributed by atoms with van der Waals surface area (Å²) < 4.78 is 13.3. The predicted octanol–water partition coefficient (Wildman–Crippen LogP) is 18.5. The summed E-state index contributed by atoms with van der Waals surface area (Å²) in [5, 5.41) is 4.77. The zero-order valence-electron chi connectivity index (χ0n) is 40.8. The largest absolute Gasteiger partial charge is 0.456 e. The van der Waals surface area contributed by atoms with Gasteiger partial charge in [0.25, 0.3) is 0 Å². The summed E-state index contributed by atoms with van der Waals surface area (Å²) >= 11 is 0. The highest BCUT2D eigenvalue weighted by Gasteiger charge is 2.44. The maximum atomic E-state index is 6.82. The molecule has 2 heterocycles. The highest BCUT2D eigenvalue weighted by Crippen LogP contribution is 2.60. The lowest BCUT2D eigenvalue weighted by molar-refractivity contribution is 0.651. The molecule has 69 heavy (non-hydrogen) atoms. The monoisotopic (exact) mass is 891 g/mol. The fourth-order valence-electron chi connectivity index (χ4n) is 13.1. The number of benzene rings is 9. The molecule has 11 aromatic rings. The third-order valence-corrected chi connectivity index (χ3v) is 16.8. The van der Waals surface area contributed by atoms with Gasteiger partial charge in [-0.05, 0) is 165 Å². The van der Waals surface area contributed by atoms with E-state index in [1.165, 1.54) is 111 Å². The van der Waals surface area contributed by atoms with Crippen LogP contribution in [0.5, 0.6) is 0 Å². The standard InChI is InChI=1S/C66H53NO2/c1-36-21-23-39(24-22-36)46-33-54-58(61-45-18-11-13-20-56(45)69-63(46)61)43-28-26-41(32-51(43)66(54,8)9)67(62-37(2)15-14-16-38(62)3)40-25-27-42-47-34-53-48(35-52(47)65(6,7)50(42)31-40)59-49(64(53,4)5)29-30-57-60(59)44-17-10-12-19-55(44)68-57/h10-35H,1-9H3. The third-order valence-electron chi connectivity index (χ3n) is 16.8. The number of aryl methyl sites for hydroxylation is 3. The van der Waals surface area contributed by atoms with Gasteiger partial charge in [0.15, 0.2) is 0 Å². The molecule has 0 unspecified atom stereocenters. The SMILES string of the molecule is Cc1ccc(-c2cc3c(c4c2oc2ccccc24)-c2ccc(N(c4ccc5c(c4)C(C)(C)c4cc6c(cc4-5)C(C)(C)c4ccc5oc7ccccc7c5c4-6)c4c(C)cccc4C)cc2C3(C)C)cc1. The van der Waals surface area contributed by atoms with Crippen LogP contribution in [-0.2, 0) is 16.2 Å². The smallest absolute Gasteiger partial charge is 0.143 e. The molecule has 9 aromatic carbocycles. The molecule has 0 radical (unpaired) electrons. The molecule has 0 spiro atoms. The van der Waals surface area contributed by atoms with E-state index in [-0.39, 0.29) is 16.2 Å². The first kappa shape index (κ1) is 40.4. The Balaban J connectivity index is 0.942. The summed E-state index contributed by atoms with van der Waals surface area (Å²) in [6.45, 7) is 21.1. The van der Waals surface area contributed by atoms with Gasteiger partial charge >= 0.3 is 0 Å². The molecule has 0 saturated carbocycles. The van der Waals surface area contributed by atoms with Crippen LogP contribution in [0.15, 0.2) is 167 Å². The Bertz CT molecular complexity index is 4050. The summed E-state index contributed by atoms with van der Waals surface area (Å²) in [4.78, 5) is 2.53. The first-order valence-electron chi connectivity index (χ1n) is 24.6. The maximum Gasteiger partial charge on any atom is 0.143 e. The molecule has 0 saturated heterocycles. The van der Waals surface area contributed by atoms with E-state index < -0.39 is 0 Å². The second kappa shape index (κ2) is 13.5. The van der Waals surface area contributed by atoms with Gasteiger partial charge in [0.1, 0.15) is 22.3 Å². The zero-order chi connectivity index (χ0) is 47.0. The minimum atomic E-state index is -0.290. The van der Waals surface area contributed by atoms with Gasteiger partial charge in [-0.2, -0.15) is 0 Å². The Morgan fingerprint density at radius 1 is 0.377 bits per heavy atom. The van der Waals surface area contributed by atoms with Crippen LogP contribution in [0.25, 0.3) is 88.4 Å². The lowest BCUT2D eigenvalue weighted by atomic mass is 9.79. The van der Waals surface area contributed by atoms with Gasteiger partial charge in [0, 0.05) is 54.7 Å². The van der Waals surface area contributed by atoms with Gasteiger partial charge in [0.05, 0.1) is 5.69 Å². The van der Waals surface area contributed by atoms with E-state index in [0.717, 1.165) is 44.7 Å². The van der Waals surface area contributed by atoms with Gasteiger partial charge in [0.2, 0.25) is 0 Å². The molecule has 3 aliphatic carbocycles. The highest BCUT2D eigenvalue weighted by molar-refractivity contribution is 6.19. The van der Waals surface area contributed by atoms with Crippen molar-refractivity contribution in [3.63, 3.8) is 0 Å². The van der Waals surface area contributed by atoms with Gasteiger partial charge < -0.3 is 13.7 Å². The van der Waals surface area contributed by atoms with E-state index in [1.54, 1.807) is 0 Å². The fourth-order valence-corrected chi connectivity index (χ4v) is 13.1. The van der Waals surface area contributed by atoms with Crippen LogP contribution in [0.2, 0.25) is 0 Å². The van der Waals surface area contributed by atoms with E-state index >= 15 is 0 Å². The molecule has 0 aliphatic heterocycles. The molecule has 3 heteroatoms. The summed E-state index contributed by atoms with van der Waals surface area (Å²) in [7, 11) is 0. The molecular weight excluding hydrogens is 839 g/mol. The van der Waals surface area contributed by atoms with Crippen molar-refractivity contribution in [3.8, 4) is 44.5 Å². The molecule has 3 nitrogen and oxygen atoms in total. The summed E-state index contributed by atoms with van der Waals surface area (Å²) in [5.74, 6) is 0. The third kappa shape index (κ3) is 5.28. The summed E-state index contributed by atoms with van der Waals surface area (Å²) in [5.41, 5.74) is 28.6. The van der Waals surface area contributed by atoms with Gasteiger partial charge in [-0.25, -0.2) is 0 Å². The van der Waals surface area contributed by atoms with E-state index in [9.17, 15) is 0 Å². The van der Waals surface area contributed by atoms with Crippen LogP contribution in [0.3, 0.4) is 0 Å². The Morgan fingerprint density at radius 3 is 1.62 bits per heavy atom. The minimum Gasteiger partial charge on any atom is -0.456 e. The second-order valence-corrected chi connectivity index (χ2v) is 21.8. The van der Waals surface area contributed by atoms with E-state index in [2.05, 4.69) is 225 Å². The number of anilines is 3. The highest BCUT2D eigenvalue weighted by atomic mass is 16.3. The number of nitrogens with zero attached hydrogens (tertiary/aromatic N) is 1. The molecule has 0 fully saturated rings. The minimum absolute atomic E-state index is 0.169. The van der Waals surface area contributed by atoms with E-state index in [4.69, 9.17) is 8.83 Å². The molecule has 334 valence electrons. The average Bonchev–Trinajstić information content (AvgIpc) is 4.09. The van der Waals surface area contributed by atoms with E-state index in [1.807, 2.05) is 0 Å². The second-order valence-electron chi connectivity index (χ2n) is 21.8. The van der Waals surface area contributed by atoms with Crippen molar-refractivity contribution in [2.75, 3.05) is 4.90 Å². The number of fused-ring (bicyclic) bond motifs is 17. The van der Waals surface area contributed by atoms with Crippen molar-refractivity contribution in [3.05, 3.63) is 208 Å². The number of furan rings is 2. The molecule has 0 amide bonds. The first-order chi connectivity index (χ1) is 33.2. The molecule has 0 N–H and O–H groups in total. The maximum absolute atomic E-state index is 6.82. The van der Waals surface area contributed by atoms with Crippen molar-refractivity contribution < 1.29 is 8.83 Å². The Kier molecular flexibility index (Phi) is 7.94. The summed E-state index contributed by atoms with van der Waals surface area (Å²) in [6.07, 6.45) is 0. The number of hydrogen-bond acceptors (Lipinski definition) is 3. The molecule has 2 aromatic heterocycles. The van der Waals surface area contributed by atoms with Crippen LogP contribution < -0.4 is 4.90 Å². The van der Waals surface area contributed by atoms with Crippen LogP contribution in [0, 0.1) is 20.8 Å². The number of para-hydroxylation sites is 3. The van der Waals surface area contributed by atoms with E-state index in [0.29, 0.717) is 0 Å². The summed E-state index contributed by atoms with van der Waals surface area (Å²) in [6, 6.07) is 59.1. The Morgan fingerprint density at radius 2 is 0.913 bits per heavy atom. The van der Waals surface area contributed by atoms with Crippen molar-refractivity contribution in [2.24, 2.45) is 0 Å². The molecule has 3 aliphatic rings. The van der Waals surface area contributed by atoms with Crippen LogP contribution in [0.1, 0.15) is 91.6 Å². The topological polar surface area (TPSA) is 29.5 Å². The molecular formula is C66H53NO2. The van der Waals surface area contributed by atoms with Gasteiger partial charge in [-0.15, -0.1) is 0 Å². The van der Waals surface area contributed by atoms with Crippen molar-refractivity contribution in [1.29, 1.82) is 0 Å². The lowest BCUT2D eigenvalue weighted by Gasteiger charge is -2.31. The zero-order valence-corrected chi connectivity index (χ0v) is 40.8. The Labute approximate surface area is 403 Å². The lowest BCUT2D eigenvalue weighted by Crippen LogP contribution is -2.19. The molecule has 0 bridgehead atoms. The molecule has 14 rings (SSSR count). The number of hydrogen-bond donors (Lipinski definition) is 0. The molecule has 0 atom stereocenters. The predicted molar refractivity (Wildman–Crippen MR) is 288 cm³/mol. The fraction of sp³-hybridized carbons (Fsp3) is 0.182. The number of rotatable bonds is 4. The van der Waals surface area contributed by atoms with Gasteiger partial charge in [-0.3, -0.25) is 0 Å². The van der Waals surface area contributed by atoms with Crippen molar-refractivity contribution in [2.45, 2.75) is 78.6 Å². The quantitative estimate of drug-likeness (QED) is 0.176. The normalized spacial score (nSPS) is 15.4. The average molecular weight is 892 g/mol. The van der Waals surface area contributed by atoms with Crippen LogP contribution in [-0.4, -0.2) is 0 Å². The first-order valence-corrected chi connectivity index (χ1v) is 24.6. The Hall–Kier alpha value is -7.62. The van der Waals surface area contributed by atoms with Crippen LogP contribution in [0.4, 0.5) is 17.1 Å².